The number of alkyl halides is 3. The maximum absolute atomic E-state index is 12.9. The van der Waals surface area contributed by atoms with Gasteiger partial charge in [0.1, 0.15) is 6.33 Å². The molecule has 0 amide bonds. The van der Waals surface area contributed by atoms with E-state index in [9.17, 15) is 13.2 Å². The van der Waals surface area contributed by atoms with Crippen LogP contribution in [0, 0.1) is 0 Å². The number of aromatic nitrogens is 3. The number of hydrogen-bond acceptors (Lipinski definition) is 4. The molecule has 1 N–H and O–H groups in total. The molecule has 0 spiro atoms. The lowest BCUT2D eigenvalue weighted by Crippen LogP contribution is -2.52. The summed E-state index contributed by atoms with van der Waals surface area (Å²) in [6.45, 7) is 3.05. The molecule has 10 heteroatoms. The summed E-state index contributed by atoms with van der Waals surface area (Å²) in [5, 5.41) is 11.1. The molecule has 146 valence electrons. The molecule has 3 rings (SSSR count). The molecule has 0 radical (unpaired) electrons. The molecule has 2 heterocycles. The van der Waals surface area contributed by atoms with Crippen molar-refractivity contribution in [2.75, 3.05) is 38.1 Å². The summed E-state index contributed by atoms with van der Waals surface area (Å²) in [5.74, 6) is 1.53. The summed E-state index contributed by atoms with van der Waals surface area (Å²) in [7, 11) is 3.58. The van der Waals surface area contributed by atoms with E-state index >= 15 is 0 Å². The second-order valence-electron chi connectivity index (χ2n) is 6.28. The van der Waals surface area contributed by atoms with Crippen LogP contribution in [0.2, 0.25) is 0 Å². The highest BCUT2D eigenvalue weighted by atomic mass is 19.4. The Bertz CT molecular complexity index is 792. The minimum atomic E-state index is -4.33. The number of piperazine rings is 1. The normalized spacial score (nSPS) is 16.0. The smallest absolute Gasteiger partial charge is 0.368 e. The van der Waals surface area contributed by atoms with Gasteiger partial charge in [-0.25, -0.2) is 0 Å². The Morgan fingerprint density at radius 3 is 2.56 bits per heavy atom. The van der Waals surface area contributed by atoms with Crippen LogP contribution in [0.3, 0.4) is 0 Å². The predicted octanol–water partition coefficient (Wildman–Crippen LogP) is 1.73. The van der Waals surface area contributed by atoms with Crippen molar-refractivity contribution >= 4 is 11.6 Å². The molecule has 0 saturated carbocycles. The van der Waals surface area contributed by atoms with Crippen LogP contribution in [0.5, 0.6) is 0 Å². The maximum atomic E-state index is 12.9. The van der Waals surface area contributed by atoms with Crippen LogP contribution in [-0.2, 0) is 19.8 Å². The molecular weight excluding hydrogens is 359 g/mol. The first-order valence-corrected chi connectivity index (χ1v) is 8.59. The van der Waals surface area contributed by atoms with Crippen LogP contribution in [0.15, 0.2) is 35.6 Å². The van der Waals surface area contributed by atoms with Crippen molar-refractivity contribution in [3.8, 4) is 0 Å². The van der Waals surface area contributed by atoms with Gasteiger partial charge in [0.05, 0.1) is 12.1 Å². The lowest BCUT2D eigenvalue weighted by molar-refractivity contribution is -0.137. The highest BCUT2D eigenvalue weighted by Crippen LogP contribution is 2.31. The van der Waals surface area contributed by atoms with Gasteiger partial charge in [0.15, 0.2) is 11.8 Å². The van der Waals surface area contributed by atoms with E-state index in [0.717, 1.165) is 17.9 Å². The molecular formula is C17H22F3N7. The van der Waals surface area contributed by atoms with E-state index in [1.165, 1.54) is 12.1 Å². The molecule has 0 aliphatic carbocycles. The zero-order valence-corrected chi connectivity index (χ0v) is 15.2. The third-order valence-corrected chi connectivity index (χ3v) is 4.54. The average molecular weight is 381 g/mol. The number of halogens is 3. The van der Waals surface area contributed by atoms with Crippen LogP contribution >= 0.6 is 0 Å². The fraction of sp³-hybridized carbons (Fsp3) is 0.471. The second-order valence-corrected chi connectivity index (χ2v) is 6.28. The molecule has 0 bridgehead atoms. The zero-order chi connectivity index (χ0) is 19.4. The van der Waals surface area contributed by atoms with Crippen LogP contribution in [0.4, 0.5) is 18.9 Å². The number of aryl methyl sites for hydroxylation is 1. The molecule has 0 atom stereocenters. The molecule has 0 unspecified atom stereocenters. The Morgan fingerprint density at radius 1 is 1.22 bits per heavy atom. The average Bonchev–Trinajstić information content (AvgIpc) is 3.07. The lowest BCUT2D eigenvalue weighted by Gasteiger charge is -2.37. The standard InChI is InChI=1S/C17H22F3N7/c1-21-16(22-11-15-24-23-12-25(15)2)27-8-6-26(7-9-27)14-5-3-4-13(10-14)17(18,19)20/h3-5,10,12H,6-9,11H2,1-2H3,(H,21,22). The number of rotatable bonds is 3. The van der Waals surface area contributed by atoms with Gasteiger partial charge in [0.25, 0.3) is 0 Å². The Labute approximate surface area is 155 Å². The molecule has 1 fully saturated rings. The van der Waals surface area contributed by atoms with E-state index in [-0.39, 0.29) is 0 Å². The molecule has 1 aliphatic rings. The fourth-order valence-electron chi connectivity index (χ4n) is 3.01. The maximum Gasteiger partial charge on any atom is 0.416 e. The van der Waals surface area contributed by atoms with E-state index in [0.29, 0.717) is 38.4 Å². The first-order valence-electron chi connectivity index (χ1n) is 8.59. The van der Waals surface area contributed by atoms with Gasteiger partial charge in [-0.3, -0.25) is 4.99 Å². The third-order valence-electron chi connectivity index (χ3n) is 4.54. The van der Waals surface area contributed by atoms with Gasteiger partial charge in [-0.05, 0) is 18.2 Å². The minimum absolute atomic E-state index is 0.497. The lowest BCUT2D eigenvalue weighted by atomic mass is 10.1. The van der Waals surface area contributed by atoms with E-state index < -0.39 is 11.7 Å². The minimum Gasteiger partial charge on any atom is -0.368 e. The van der Waals surface area contributed by atoms with Gasteiger partial charge in [0, 0.05) is 46.0 Å². The number of aliphatic imine (C=N–C) groups is 1. The molecule has 1 aromatic heterocycles. The quantitative estimate of drug-likeness (QED) is 0.648. The molecule has 27 heavy (non-hydrogen) atoms. The van der Waals surface area contributed by atoms with E-state index in [1.54, 1.807) is 19.4 Å². The van der Waals surface area contributed by atoms with Crippen molar-refractivity contribution < 1.29 is 13.2 Å². The molecule has 1 aliphatic heterocycles. The van der Waals surface area contributed by atoms with Gasteiger partial charge in [-0.1, -0.05) is 6.07 Å². The van der Waals surface area contributed by atoms with Gasteiger partial charge in [-0.15, -0.1) is 10.2 Å². The monoisotopic (exact) mass is 381 g/mol. The number of hydrogen-bond donors (Lipinski definition) is 1. The van der Waals surface area contributed by atoms with Crippen molar-refractivity contribution in [3.63, 3.8) is 0 Å². The Morgan fingerprint density at radius 2 is 1.96 bits per heavy atom. The predicted molar refractivity (Wildman–Crippen MR) is 96.4 cm³/mol. The number of nitrogens with one attached hydrogen (secondary N) is 1. The van der Waals surface area contributed by atoms with Crippen LogP contribution in [-0.4, -0.2) is 58.9 Å². The molecule has 1 saturated heterocycles. The summed E-state index contributed by atoms with van der Waals surface area (Å²) in [6, 6.07) is 5.47. The Balaban J connectivity index is 1.58. The Hall–Kier alpha value is -2.78. The van der Waals surface area contributed by atoms with Gasteiger partial charge in [0.2, 0.25) is 0 Å². The van der Waals surface area contributed by atoms with Crippen molar-refractivity contribution in [1.82, 2.24) is 25.0 Å². The van der Waals surface area contributed by atoms with Gasteiger partial charge in [-0.2, -0.15) is 13.2 Å². The second kappa shape index (κ2) is 7.85. The van der Waals surface area contributed by atoms with Crippen molar-refractivity contribution in [3.05, 3.63) is 42.0 Å². The number of anilines is 1. The van der Waals surface area contributed by atoms with Crippen LogP contribution < -0.4 is 10.2 Å². The van der Waals surface area contributed by atoms with E-state index in [4.69, 9.17) is 0 Å². The highest BCUT2D eigenvalue weighted by molar-refractivity contribution is 5.80. The fourth-order valence-corrected chi connectivity index (χ4v) is 3.01. The summed E-state index contributed by atoms with van der Waals surface area (Å²) < 4.78 is 40.6. The molecule has 2 aromatic rings. The molecule has 1 aromatic carbocycles. The highest BCUT2D eigenvalue weighted by Gasteiger charge is 2.31. The first kappa shape index (κ1) is 19.0. The Kier molecular flexibility index (Phi) is 5.52. The van der Waals surface area contributed by atoms with Crippen molar-refractivity contribution in [2.24, 2.45) is 12.0 Å². The van der Waals surface area contributed by atoms with Crippen molar-refractivity contribution in [2.45, 2.75) is 12.7 Å². The first-order chi connectivity index (χ1) is 12.9. The largest absolute Gasteiger partial charge is 0.416 e. The molecule has 7 nitrogen and oxygen atoms in total. The number of guanidine groups is 1. The van der Waals surface area contributed by atoms with Gasteiger partial charge >= 0.3 is 6.18 Å². The van der Waals surface area contributed by atoms with E-state index in [2.05, 4.69) is 25.4 Å². The van der Waals surface area contributed by atoms with Gasteiger partial charge < -0.3 is 19.7 Å². The summed E-state index contributed by atoms with van der Waals surface area (Å²) in [6.07, 6.45) is -2.70. The summed E-state index contributed by atoms with van der Waals surface area (Å²) in [5.41, 5.74) is -0.0323. The third kappa shape index (κ3) is 4.50. The topological polar surface area (TPSA) is 61.6 Å². The van der Waals surface area contributed by atoms with E-state index in [1.807, 2.05) is 16.5 Å². The zero-order valence-electron chi connectivity index (χ0n) is 15.2. The summed E-state index contributed by atoms with van der Waals surface area (Å²) in [4.78, 5) is 8.34. The van der Waals surface area contributed by atoms with Crippen LogP contribution in [0.1, 0.15) is 11.4 Å². The summed E-state index contributed by atoms with van der Waals surface area (Å²) >= 11 is 0. The number of nitrogens with zero attached hydrogens (tertiary/aromatic N) is 6. The number of benzene rings is 1. The van der Waals surface area contributed by atoms with Crippen LogP contribution in [0.25, 0.3) is 0 Å². The van der Waals surface area contributed by atoms with Crippen molar-refractivity contribution in [1.29, 1.82) is 0 Å². The SMILES string of the molecule is CN=C(NCc1nncn1C)N1CCN(c2cccc(C(F)(F)F)c2)CC1.